The van der Waals surface area contributed by atoms with Crippen molar-refractivity contribution in [3.63, 3.8) is 0 Å². The van der Waals surface area contributed by atoms with Crippen molar-refractivity contribution in [1.82, 2.24) is 0 Å². The Bertz CT molecular complexity index is 147. The van der Waals surface area contributed by atoms with Crippen LogP contribution in [-0.2, 0) is 0 Å². The van der Waals surface area contributed by atoms with Crippen LogP contribution in [-0.4, -0.2) is 0 Å². The number of hydrogen-bond donors (Lipinski definition) is 0. The first-order chi connectivity index (χ1) is 5.24. The lowest BCUT2D eigenvalue weighted by atomic mass is 9.79. The molecule has 0 aromatic heterocycles. The molecule has 1 aliphatic rings. The van der Waals surface area contributed by atoms with Crippen LogP contribution in [0.3, 0.4) is 0 Å². The van der Waals surface area contributed by atoms with Gasteiger partial charge < -0.3 is 0 Å². The molecule has 0 unspecified atom stereocenters. The molecule has 0 aromatic carbocycles. The summed E-state index contributed by atoms with van der Waals surface area (Å²) in [4.78, 5) is 0. The lowest BCUT2D eigenvalue weighted by molar-refractivity contribution is 0.345. The van der Waals surface area contributed by atoms with Gasteiger partial charge in [0.2, 0.25) is 0 Å². The van der Waals surface area contributed by atoms with Gasteiger partial charge in [-0.25, -0.2) is 0 Å². The summed E-state index contributed by atoms with van der Waals surface area (Å²) in [7, 11) is 0. The van der Waals surface area contributed by atoms with Crippen LogP contribution in [0.15, 0.2) is 24.8 Å². The Labute approximate surface area is 77.4 Å². The largest absolute Gasteiger partial charge is 0.103 e. The van der Waals surface area contributed by atoms with E-state index in [9.17, 15) is 0 Å². The third-order valence-corrected chi connectivity index (χ3v) is 2.80. The minimum atomic E-state index is 0. The topological polar surface area (TPSA) is 0 Å². The lowest BCUT2D eigenvalue weighted by Crippen LogP contribution is -2.13. The third-order valence-electron chi connectivity index (χ3n) is 2.80. The van der Waals surface area contributed by atoms with E-state index in [0.717, 1.165) is 11.8 Å². The highest BCUT2D eigenvalue weighted by molar-refractivity contribution is 4.99. The predicted molar refractivity (Wildman–Crippen MR) is 57.2 cm³/mol. The van der Waals surface area contributed by atoms with E-state index < -0.39 is 0 Å². The molecule has 0 aliphatic heterocycles. The summed E-state index contributed by atoms with van der Waals surface area (Å²) in [5.41, 5.74) is 1.37. The fourth-order valence-electron chi connectivity index (χ4n) is 1.85. The van der Waals surface area contributed by atoms with Crippen LogP contribution in [0.5, 0.6) is 0 Å². The normalized spacial score (nSPS) is 28.8. The van der Waals surface area contributed by atoms with Crippen LogP contribution in [0.25, 0.3) is 0 Å². The first-order valence-corrected chi connectivity index (χ1v) is 4.52. The Hall–Kier alpha value is -0.520. The molecule has 0 atom stereocenters. The predicted octanol–water partition coefficient (Wildman–Crippen LogP) is 4.19. The molecule has 1 rings (SSSR count). The molecule has 0 aromatic rings. The van der Waals surface area contributed by atoms with Gasteiger partial charge in [0, 0.05) is 0 Å². The van der Waals surface area contributed by atoms with E-state index in [4.69, 9.17) is 0 Å². The maximum atomic E-state index is 4.00. The van der Waals surface area contributed by atoms with Crippen molar-refractivity contribution >= 4 is 0 Å². The maximum Gasteiger partial charge on any atom is -0.0208 e. The van der Waals surface area contributed by atoms with E-state index in [1.54, 1.807) is 0 Å². The Morgan fingerprint density at radius 1 is 1.25 bits per heavy atom. The zero-order valence-electron chi connectivity index (χ0n) is 7.47. The van der Waals surface area contributed by atoms with Crippen LogP contribution < -0.4 is 0 Å². The van der Waals surface area contributed by atoms with Crippen molar-refractivity contribution in [3.8, 4) is 0 Å². The Morgan fingerprint density at radius 3 is 2.08 bits per heavy atom. The summed E-state index contributed by atoms with van der Waals surface area (Å²) >= 11 is 0. The van der Waals surface area contributed by atoms with E-state index in [-0.39, 0.29) is 7.43 Å². The Balaban J connectivity index is 0.00000121. The highest BCUT2D eigenvalue weighted by atomic mass is 14.2. The molecule has 12 heavy (non-hydrogen) atoms. The zero-order chi connectivity index (χ0) is 8.27. The molecular formula is C12H22. The van der Waals surface area contributed by atoms with Crippen LogP contribution in [0, 0.1) is 11.8 Å². The summed E-state index contributed by atoms with van der Waals surface area (Å²) in [6.07, 6.45) is 7.40. The second-order valence-corrected chi connectivity index (χ2v) is 3.69. The smallest absolute Gasteiger partial charge is 0.0208 e. The SMILES string of the molecule is C.C=CC1CCC(C(=C)C)CC1. The molecule has 0 heteroatoms. The lowest BCUT2D eigenvalue weighted by Gasteiger charge is -2.26. The van der Waals surface area contributed by atoms with Gasteiger partial charge in [0.05, 0.1) is 0 Å². The van der Waals surface area contributed by atoms with Gasteiger partial charge in [0.1, 0.15) is 0 Å². The van der Waals surface area contributed by atoms with Gasteiger partial charge in [-0.15, -0.1) is 6.58 Å². The van der Waals surface area contributed by atoms with E-state index in [1.165, 1.54) is 31.3 Å². The molecule has 1 aliphatic carbocycles. The number of allylic oxidation sites excluding steroid dienone is 2. The average molecular weight is 166 g/mol. The molecule has 0 heterocycles. The fraction of sp³-hybridized carbons (Fsp3) is 0.667. The quantitative estimate of drug-likeness (QED) is 0.539. The van der Waals surface area contributed by atoms with Crippen LogP contribution in [0.1, 0.15) is 40.0 Å². The molecule has 0 N–H and O–H groups in total. The van der Waals surface area contributed by atoms with E-state index in [2.05, 4.69) is 26.2 Å². The maximum absolute atomic E-state index is 4.00. The molecular weight excluding hydrogens is 144 g/mol. The van der Waals surface area contributed by atoms with Crippen molar-refractivity contribution in [3.05, 3.63) is 24.8 Å². The van der Waals surface area contributed by atoms with Gasteiger partial charge >= 0.3 is 0 Å². The Kier molecular flexibility index (Phi) is 4.96. The average Bonchev–Trinajstić information content (AvgIpc) is 2.05. The molecule has 0 bridgehead atoms. The summed E-state index contributed by atoms with van der Waals surface area (Å²) < 4.78 is 0. The van der Waals surface area contributed by atoms with Crippen LogP contribution >= 0.6 is 0 Å². The molecule has 0 amide bonds. The first kappa shape index (κ1) is 11.5. The van der Waals surface area contributed by atoms with E-state index in [0.29, 0.717) is 0 Å². The molecule has 0 radical (unpaired) electrons. The van der Waals surface area contributed by atoms with E-state index in [1.807, 2.05) is 0 Å². The molecule has 1 fully saturated rings. The highest BCUT2D eigenvalue weighted by Gasteiger charge is 2.18. The standard InChI is InChI=1S/C11H18.CH4/c1-4-10-5-7-11(8-6-10)9(2)3;/h4,10-11H,1-2,5-8H2,3H3;1H4. The highest BCUT2D eigenvalue weighted by Crippen LogP contribution is 2.32. The molecule has 0 nitrogen and oxygen atoms in total. The van der Waals surface area contributed by atoms with Crippen LogP contribution in [0.4, 0.5) is 0 Å². The molecule has 70 valence electrons. The van der Waals surface area contributed by atoms with Gasteiger partial charge in [0.15, 0.2) is 0 Å². The summed E-state index contributed by atoms with van der Waals surface area (Å²) in [5.74, 6) is 1.58. The Morgan fingerprint density at radius 2 is 1.75 bits per heavy atom. The fourth-order valence-corrected chi connectivity index (χ4v) is 1.85. The van der Waals surface area contributed by atoms with Gasteiger partial charge in [-0.3, -0.25) is 0 Å². The van der Waals surface area contributed by atoms with Crippen molar-refractivity contribution in [2.24, 2.45) is 11.8 Å². The van der Waals surface area contributed by atoms with Crippen molar-refractivity contribution < 1.29 is 0 Å². The zero-order valence-corrected chi connectivity index (χ0v) is 7.47. The van der Waals surface area contributed by atoms with Gasteiger partial charge in [-0.2, -0.15) is 0 Å². The number of rotatable bonds is 2. The second-order valence-electron chi connectivity index (χ2n) is 3.69. The molecule has 0 spiro atoms. The monoisotopic (exact) mass is 166 g/mol. The van der Waals surface area contributed by atoms with Crippen molar-refractivity contribution in [2.75, 3.05) is 0 Å². The van der Waals surface area contributed by atoms with Gasteiger partial charge in [-0.05, 0) is 44.4 Å². The number of hydrogen-bond acceptors (Lipinski definition) is 0. The summed E-state index contributed by atoms with van der Waals surface area (Å²) in [6.45, 7) is 9.99. The second kappa shape index (κ2) is 5.18. The third kappa shape index (κ3) is 2.84. The van der Waals surface area contributed by atoms with E-state index >= 15 is 0 Å². The summed E-state index contributed by atoms with van der Waals surface area (Å²) in [6, 6.07) is 0. The van der Waals surface area contributed by atoms with Crippen molar-refractivity contribution in [1.29, 1.82) is 0 Å². The van der Waals surface area contributed by atoms with Crippen molar-refractivity contribution in [2.45, 2.75) is 40.0 Å². The molecule has 1 saturated carbocycles. The van der Waals surface area contributed by atoms with Gasteiger partial charge in [-0.1, -0.05) is 25.7 Å². The summed E-state index contributed by atoms with van der Waals surface area (Å²) in [5, 5.41) is 0. The molecule has 0 saturated heterocycles. The van der Waals surface area contributed by atoms with Crippen LogP contribution in [0.2, 0.25) is 0 Å². The first-order valence-electron chi connectivity index (χ1n) is 4.52. The van der Waals surface area contributed by atoms with Gasteiger partial charge in [0.25, 0.3) is 0 Å². The minimum absolute atomic E-state index is 0. The minimum Gasteiger partial charge on any atom is -0.103 e.